The molecule has 0 heterocycles. The van der Waals surface area contributed by atoms with Gasteiger partial charge in [-0.25, -0.2) is 4.79 Å². The second-order valence-electron chi connectivity index (χ2n) is 2.75. The van der Waals surface area contributed by atoms with Gasteiger partial charge < -0.3 is 0 Å². The van der Waals surface area contributed by atoms with Crippen LogP contribution in [0.3, 0.4) is 0 Å². The Hall–Kier alpha value is -1.91. The second-order valence-corrected chi connectivity index (χ2v) is 2.75. The van der Waals surface area contributed by atoms with Crippen LogP contribution in [0.4, 0.5) is 0 Å². The lowest BCUT2D eigenvalue weighted by molar-refractivity contribution is 0.549. The van der Waals surface area contributed by atoms with Gasteiger partial charge in [-0.3, -0.25) is 0 Å². The van der Waals surface area contributed by atoms with E-state index in [0.29, 0.717) is 5.56 Å². The molecular formula is C10H8N2O. The molecule has 0 aliphatic rings. The molecule has 0 saturated heterocycles. The Labute approximate surface area is 76.3 Å². The summed E-state index contributed by atoms with van der Waals surface area (Å²) in [5.74, 6) is 0. The van der Waals surface area contributed by atoms with Crippen molar-refractivity contribution in [3.05, 3.63) is 35.9 Å². The average molecular weight is 172 g/mol. The van der Waals surface area contributed by atoms with E-state index in [9.17, 15) is 4.79 Å². The summed E-state index contributed by atoms with van der Waals surface area (Å²) < 4.78 is 0. The van der Waals surface area contributed by atoms with Gasteiger partial charge in [0, 0.05) is 0 Å². The first kappa shape index (κ1) is 9.18. The third-order valence-corrected chi connectivity index (χ3v) is 1.82. The lowest BCUT2D eigenvalue weighted by Gasteiger charge is -2.13. The van der Waals surface area contributed by atoms with Crippen molar-refractivity contribution in [2.24, 2.45) is 4.99 Å². The molecule has 0 saturated carbocycles. The van der Waals surface area contributed by atoms with Gasteiger partial charge in [0.05, 0.1) is 6.07 Å². The van der Waals surface area contributed by atoms with E-state index in [4.69, 9.17) is 5.26 Å². The largest absolute Gasteiger partial charge is 0.236 e. The zero-order chi connectivity index (χ0) is 9.73. The summed E-state index contributed by atoms with van der Waals surface area (Å²) >= 11 is 0. The van der Waals surface area contributed by atoms with Crippen LogP contribution in [0.15, 0.2) is 35.3 Å². The highest BCUT2D eigenvalue weighted by Crippen LogP contribution is 2.23. The topological polar surface area (TPSA) is 53.2 Å². The fourth-order valence-corrected chi connectivity index (χ4v) is 1.01. The Morgan fingerprint density at radius 2 is 2.00 bits per heavy atom. The molecule has 0 spiro atoms. The first-order valence-corrected chi connectivity index (χ1v) is 3.79. The monoisotopic (exact) mass is 172 g/mol. The molecule has 3 nitrogen and oxygen atoms in total. The number of isocyanates is 1. The first-order chi connectivity index (χ1) is 6.23. The SMILES string of the molecule is CC(C#N)(N=C=O)c1ccccc1. The predicted octanol–water partition coefficient (Wildman–Crippen LogP) is 1.76. The van der Waals surface area contributed by atoms with E-state index < -0.39 is 5.54 Å². The molecule has 0 aromatic heterocycles. The summed E-state index contributed by atoms with van der Waals surface area (Å²) in [6.45, 7) is 1.58. The van der Waals surface area contributed by atoms with E-state index in [1.54, 1.807) is 31.2 Å². The van der Waals surface area contributed by atoms with Crippen molar-refractivity contribution < 1.29 is 4.79 Å². The summed E-state index contributed by atoms with van der Waals surface area (Å²) in [5, 5.41) is 8.85. The van der Waals surface area contributed by atoms with Crippen molar-refractivity contribution in [3.63, 3.8) is 0 Å². The van der Waals surface area contributed by atoms with Crippen LogP contribution in [-0.4, -0.2) is 6.08 Å². The van der Waals surface area contributed by atoms with Gasteiger partial charge in [0.25, 0.3) is 0 Å². The molecule has 0 radical (unpaired) electrons. The maximum Gasteiger partial charge on any atom is 0.236 e. The van der Waals surface area contributed by atoms with Crippen molar-refractivity contribution in [2.45, 2.75) is 12.5 Å². The lowest BCUT2D eigenvalue weighted by atomic mass is 9.95. The van der Waals surface area contributed by atoms with E-state index in [2.05, 4.69) is 4.99 Å². The van der Waals surface area contributed by atoms with Crippen LogP contribution in [0.2, 0.25) is 0 Å². The van der Waals surface area contributed by atoms with Crippen LogP contribution >= 0.6 is 0 Å². The van der Waals surface area contributed by atoms with Crippen LogP contribution in [-0.2, 0) is 10.3 Å². The fraction of sp³-hybridized carbons (Fsp3) is 0.200. The van der Waals surface area contributed by atoms with Gasteiger partial charge in [-0.05, 0) is 12.5 Å². The Kier molecular flexibility index (Phi) is 2.59. The normalized spacial score (nSPS) is 13.5. The number of hydrogen-bond donors (Lipinski definition) is 0. The predicted molar refractivity (Wildman–Crippen MR) is 47.5 cm³/mol. The molecule has 1 unspecified atom stereocenters. The van der Waals surface area contributed by atoms with Gasteiger partial charge in [-0.1, -0.05) is 30.3 Å². The smallest absolute Gasteiger partial charge is 0.211 e. The summed E-state index contributed by atoms with van der Waals surface area (Å²) in [6.07, 6.45) is 1.41. The lowest BCUT2D eigenvalue weighted by Crippen LogP contribution is -2.15. The number of hydrogen-bond acceptors (Lipinski definition) is 3. The maximum atomic E-state index is 10.1. The van der Waals surface area contributed by atoms with Gasteiger partial charge in [-0.2, -0.15) is 10.3 Å². The van der Waals surface area contributed by atoms with E-state index in [1.165, 1.54) is 6.08 Å². The van der Waals surface area contributed by atoms with Crippen molar-refractivity contribution in [2.75, 3.05) is 0 Å². The Morgan fingerprint density at radius 1 is 1.38 bits per heavy atom. The highest BCUT2D eigenvalue weighted by molar-refractivity contribution is 5.41. The Bertz CT molecular complexity index is 374. The molecule has 0 bridgehead atoms. The number of nitriles is 1. The minimum Gasteiger partial charge on any atom is -0.211 e. The van der Waals surface area contributed by atoms with Gasteiger partial charge in [0.1, 0.15) is 0 Å². The zero-order valence-electron chi connectivity index (χ0n) is 7.19. The van der Waals surface area contributed by atoms with E-state index in [0.717, 1.165) is 0 Å². The van der Waals surface area contributed by atoms with Gasteiger partial charge in [-0.15, -0.1) is 0 Å². The molecule has 13 heavy (non-hydrogen) atoms. The minimum absolute atomic E-state index is 0.695. The third kappa shape index (κ3) is 1.81. The number of aliphatic imine (C=N–C) groups is 1. The maximum absolute atomic E-state index is 10.1. The van der Waals surface area contributed by atoms with Crippen molar-refractivity contribution in [1.82, 2.24) is 0 Å². The first-order valence-electron chi connectivity index (χ1n) is 3.79. The number of nitrogens with zero attached hydrogens (tertiary/aromatic N) is 2. The molecule has 1 rings (SSSR count). The van der Waals surface area contributed by atoms with E-state index >= 15 is 0 Å². The van der Waals surface area contributed by atoms with Gasteiger partial charge in [0.15, 0.2) is 5.54 Å². The van der Waals surface area contributed by atoms with Crippen molar-refractivity contribution >= 4 is 6.08 Å². The van der Waals surface area contributed by atoms with Crippen molar-refractivity contribution in [1.29, 1.82) is 5.26 Å². The Balaban J connectivity index is 3.20. The third-order valence-electron chi connectivity index (χ3n) is 1.82. The van der Waals surface area contributed by atoms with Crippen molar-refractivity contribution in [3.8, 4) is 6.07 Å². The molecule has 1 aromatic carbocycles. The number of carbonyl (C=O) groups excluding carboxylic acids is 1. The molecule has 0 aliphatic carbocycles. The second kappa shape index (κ2) is 3.66. The minimum atomic E-state index is -1.11. The molecule has 0 amide bonds. The standard InChI is InChI=1S/C10H8N2O/c1-10(7-11,12-8-13)9-5-3-2-4-6-9/h2-6H,1H3. The van der Waals surface area contributed by atoms with Crippen LogP contribution in [0.5, 0.6) is 0 Å². The average Bonchev–Trinajstić information content (AvgIpc) is 2.19. The highest BCUT2D eigenvalue weighted by atomic mass is 16.1. The highest BCUT2D eigenvalue weighted by Gasteiger charge is 2.24. The quantitative estimate of drug-likeness (QED) is 0.504. The van der Waals surface area contributed by atoms with E-state index in [1.807, 2.05) is 12.1 Å². The molecule has 1 aromatic rings. The van der Waals surface area contributed by atoms with E-state index in [-0.39, 0.29) is 0 Å². The van der Waals surface area contributed by atoms with Gasteiger partial charge in [0.2, 0.25) is 6.08 Å². The molecule has 1 atom stereocenters. The molecule has 0 N–H and O–H groups in total. The number of benzene rings is 1. The van der Waals surface area contributed by atoms with Crippen LogP contribution in [0.25, 0.3) is 0 Å². The fourth-order valence-electron chi connectivity index (χ4n) is 1.01. The van der Waals surface area contributed by atoms with Crippen LogP contribution < -0.4 is 0 Å². The summed E-state index contributed by atoms with van der Waals surface area (Å²) in [5.41, 5.74) is -0.413. The Morgan fingerprint density at radius 3 is 2.46 bits per heavy atom. The molecule has 64 valence electrons. The van der Waals surface area contributed by atoms with Crippen LogP contribution in [0, 0.1) is 11.3 Å². The molecule has 0 aliphatic heterocycles. The van der Waals surface area contributed by atoms with Crippen LogP contribution in [0.1, 0.15) is 12.5 Å². The van der Waals surface area contributed by atoms with Gasteiger partial charge >= 0.3 is 0 Å². The molecule has 3 heteroatoms. The molecular weight excluding hydrogens is 164 g/mol. The zero-order valence-corrected chi connectivity index (χ0v) is 7.19. The summed E-state index contributed by atoms with van der Waals surface area (Å²) in [7, 11) is 0. The number of rotatable bonds is 2. The summed E-state index contributed by atoms with van der Waals surface area (Å²) in [6, 6.07) is 10.9. The molecule has 0 fully saturated rings. The summed E-state index contributed by atoms with van der Waals surface area (Å²) in [4.78, 5) is 13.6.